The third kappa shape index (κ3) is 2.26. The largest absolute Gasteiger partial charge is 0.481 e. The Balaban J connectivity index is 2.17. The number of nitrogens with zero attached hydrogens (tertiary/aromatic N) is 2. The zero-order chi connectivity index (χ0) is 15.9. The predicted molar refractivity (Wildman–Crippen MR) is 78.8 cm³/mol. The van der Waals surface area contributed by atoms with Gasteiger partial charge in [0.15, 0.2) is 5.69 Å². The summed E-state index contributed by atoms with van der Waals surface area (Å²) < 4.78 is 1.76. The molecule has 1 unspecified atom stereocenters. The number of aromatic nitrogens is 2. The van der Waals surface area contributed by atoms with Crippen molar-refractivity contribution in [3.8, 4) is 11.4 Å². The van der Waals surface area contributed by atoms with Crippen LogP contribution in [-0.2, 0) is 17.8 Å². The van der Waals surface area contributed by atoms with Crippen molar-refractivity contribution in [2.45, 2.75) is 26.3 Å². The van der Waals surface area contributed by atoms with Crippen LogP contribution in [0.4, 0.5) is 0 Å². The molecule has 1 aromatic heterocycles. The van der Waals surface area contributed by atoms with E-state index < -0.39 is 17.9 Å². The maximum absolute atomic E-state index is 11.4. The monoisotopic (exact) mass is 300 g/mol. The van der Waals surface area contributed by atoms with Gasteiger partial charge in [-0.3, -0.25) is 4.79 Å². The number of carbonyl (C=O) groups is 2. The normalized spacial score (nSPS) is 17.0. The Hall–Kier alpha value is -2.63. The van der Waals surface area contributed by atoms with Crippen LogP contribution in [0.15, 0.2) is 24.3 Å². The van der Waals surface area contributed by atoms with Crippen molar-refractivity contribution in [1.82, 2.24) is 9.55 Å². The lowest BCUT2D eigenvalue weighted by atomic mass is 9.97. The van der Waals surface area contributed by atoms with Gasteiger partial charge in [-0.15, -0.1) is 0 Å². The first-order valence-electron chi connectivity index (χ1n) is 7.10. The first kappa shape index (κ1) is 14.3. The Morgan fingerprint density at radius 3 is 2.64 bits per heavy atom. The van der Waals surface area contributed by atoms with Crippen LogP contribution in [0.3, 0.4) is 0 Å². The third-order valence-corrected chi connectivity index (χ3v) is 4.14. The van der Waals surface area contributed by atoms with Crippen LogP contribution in [0, 0.1) is 12.8 Å². The summed E-state index contributed by atoms with van der Waals surface area (Å²) in [6.07, 6.45) is 0.853. The molecule has 2 heterocycles. The topological polar surface area (TPSA) is 92.4 Å². The standard InChI is InChI=1S/C16H16N2O4/c1-9-4-2-3-5-11(9)14-17-13(16(21)22)12-7-6-10(15(19)20)8-18(12)14/h2-5,10H,6-8H2,1H3,(H,19,20)(H,21,22). The maximum Gasteiger partial charge on any atom is 0.356 e. The molecule has 6 nitrogen and oxygen atoms in total. The summed E-state index contributed by atoms with van der Waals surface area (Å²) in [6.45, 7) is 2.18. The molecule has 0 radical (unpaired) electrons. The van der Waals surface area contributed by atoms with Crippen LogP contribution in [0.2, 0.25) is 0 Å². The first-order valence-corrected chi connectivity index (χ1v) is 7.10. The van der Waals surface area contributed by atoms with Crippen LogP contribution in [0.25, 0.3) is 11.4 Å². The highest BCUT2D eigenvalue weighted by Gasteiger charge is 2.31. The van der Waals surface area contributed by atoms with Gasteiger partial charge in [0.05, 0.1) is 11.6 Å². The van der Waals surface area contributed by atoms with Gasteiger partial charge in [-0.2, -0.15) is 0 Å². The van der Waals surface area contributed by atoms with Crippen LogP contribution >= 0.6 is 0 Å². The van der Waals surface area contributed by atoms with Gasteiger partial charge in [0.1, 0.15) is 5.82 Å². The molecule has 0 fully saturated rings. The molecular weight excluding hydrogens is 284 g/mol. The molecule has 0 saturated heterocycles. The number of hydrogen-bond donors (Lipinski definition) is 2. The van der Waals surface area contributed by atoms with Gasteiger partial charge >= 0.3 is 11.9 Å². The summed E-state index contributed by atoms with van der Waals surface area (Å²) in [5.74, 6) is -1.90. The van der Waals surface area contributed by atoms with E-state index in [0.29, 0.717) is 24.4 Å². The smallest absolute Gasteiger partial charge is 0.356 e. The molecule has 0 saturated carbocycles. The Labute approximate surface area is 127 Å². The average molecular weight is 300 g/mol. The molecule has 0 bridgehead atoms. The molecule has 114 valence electrons. The van der Waals surface area contributed by atoms with Gasteiger partial charge in [-0.05, 0) is 25.3 Å². The number of imidazole rings is 1. The van der Waals surface area contributed by atoms with Crippen molar-refractivity contribution in [3.05, 3.63) is 41.2 Å². The van der Waals surface area contributed by atoms with Crippen molar-refractivity contribution in [1.29, 1.82) is 0 Å². The minimum absolute atomic E-state index is 0.0297. The Morgan fingerprint density at radius 1 is 1.27 bits per heavy atom. The molecule has 6 heteroatoms. The lowest BCUT2D eigenvalue weighted by molar-refractivity contribution is -0.142. The summed E-state index contributed by atoms with van der Waals surface area (Å²) in [5.41, 5.74) is 2.46. The second-order valence-corrected chi connectivity index (χ2v) is 5.54. The van der Waals surface area contributed by atoms with Gasteiger partial charge in [-0.25, -0.2) is 9.78 Å². The molecule has 3 rings (SSSR count). The predicted octanol–water partition coefficient (Wildman–Crippen LogP) is 2.20. The fourth-order valence-electron chi connectivity index (χ4n) is 2.96. The SMILES string of the molecule is Cc1ccccc1-c1nc(C(=O)O)c2n1CC(C(=O)O)CC2. The second kappa shape index (κ2) is 5.29. The van der Waals surface area contributed by atoms with E-state index >= 15 is 0 Å². The fraction of sp³-hybridized carbons (Fsp3) is 0.312. The Bertz CT molecular complexity index is 764. The van der Waals surface area contributed by atoms with Gasteiger partial charge in [0.25, 0.3) is 0 Å². The lowest BCUT2D eigenvalue weighted by Crippen LogP contribution is -2.27. The number of carboxylic acid groups (broad SMARTS) is 2. The van der Waals surface area contributed by atoms with Crippen molar-refractivity contribution < 1.29 is 19.8 Å². The number of aryl methyl sites for hydroxylation is 1. The highest BCUT2D eigenvalue weighted by molar-refractivity contribution is 5.88. The number of aliphatic carboxylic acids is 1. The Morgan fingerprint density at radius 2 is 2.00 bits per heavy atom. The number of carboxylic acids is 2. The summed E-state index contributed by atoms with van der Waals surface area (Å²) >= 11 is 0. The van der Waals surface area contributed by atoms with Crippen molar-refractivity contribution in [2.75, 3.05) is 0 Å². The molecule has 22 heavy (non-hydrogen) atoms. The zero-order valence-electron chi connectivity index (χ0n) is 12.1. The van der Waals surface area contributed by atoms with E-state index in [-0.39, 0.29) is 12.2 Å². The summed E-state index contributed by atoms with van der Waals surface area (Å²) in [6, 6.07) is 7.56. The molecule has 1 aromatic carbocycles. The second-order valence-electron chi connectivity index (χ2n) is 5.54. The quantitative estimate of drug-likeness (QED) is 0.906. The van der Waals surface area contributed by atoms with E-state index in [1.807, 2.05) is 31.2 Å². The number of aromatic carboxylic acids is 1. The summed E-state index contributed by atoms with van der Waals surface area (Å²) in [7, 11) is 0. The number of hydrogen-bond acceptors (Lipinski definition) is 3. The van der Waals surface area contributed by atoms with Crippen molar-refractivity contribution in [3.63, 3.8) is 0 Å². The molecule has 2 aromatic rings. The van der Waals surface area contributed by atoms with E-state index in [4.69, 9.17) is 0 Å². The first-order chi connectivity index (χ1) is 10.5. The van der Waals surface area contributed by atoms with E-state index in [2.05, 4.69) is 4.98 Å². The zero-order valence-corrected chi connectivity index (χ0v) is 12.1. The number of rotatable bonds is 3. The number of fused-ring (bicyclic) bond motifs is 1. The number of benzene rings is 1. The van der Waals surface area contributed by atoms with Gasteiger partial charge in [0, 0.05) is 12.1 Å². The van der Waals surface area contributed by atoms with Crippen LogP contribution in [0.5, 0.6) is 0 Å². The minimum atomic E-state index is -1.07. The Kier molecular flexibility index (Phi) is 3.44. The van der Waals surface area contributed by atoms with E-state index in [0.717, 1.165) is 11.1 Å². The van der Waals surface area contributed by atoms with Gasteiger partial charge in [-0.1, -0.05) is 24.3 Å². The van der Waals surface area contributed by atoms with Crippen LogP contribution in [-0.4, -0.2) is 31.7 Å². The summed E-state index contributed by atoms with van der Waals surface area (Å²) in [5, 5.41) is 18.6. The molecule has 1 atom stereocenters. The minimum Gasteiger partial charge on any atom is -0.481 e. The molecule has 0 spiro atoms. The van der Waals surface area contributed by atoms with Crippen LogP contribution < -0.4 is 0 Å². The van der Waals surface area contributed by atoms with E-state index in [1.165, 1.54) is 0 Å². The van der Waals surface area contributed by atoms with Gasteiger partial charge in [0.2, 0.25) is 0 Å². The fourth-order valence-corrected chi connectivity index (χ4v) is 2.96. The lowest BCUT2D eigenvalue weighted by Gasteiger charge is -2.23. The maximum atomic E-state index is 11.4. The van der Waals surface area contributed by atoms with E-state index in [1.54, 1.807) is 4.57 Å². The van der Waals surface area contributed by atoms with Gasteiger partial charge < -0.3 is 14.8 Å². The van der Waals surface area contributed by atoms with Crippen LogP contribution in [0.1, 0.15) is 28.2 Å². The van der Waals surface area contributed by atoms with E-state index in [9.17, 15) is 19.8 Å². The highest BCUT2D eigenvalue weighted by atomic mass is 16.4. The molecule has 0 amide bonds. The molecule has 0 aliphatic carbocycles. The molecule has 1 aliphatic rings. The molecular formula is C16H16N2O4. The highest BCUT2D eigenvalue weighted by Crippen LogP contribution is 2.31. The van der Waals surface area contributed by atoms with Crippen molar-refractivity contribution >= 4 is 11.9 Å². The molecule has 1 aliphatic heterocycles. The molecule has 2 N–H and O–H groups in total. The van der Waals surface area contributed by atoms with Crippen molar-refractivity contribution in [2.24, 2.45) is 5.92 Å². The summed E-state index contributed by atoms with van der Waals surface area (Å²) in [4.78, 5) is 27.0. The third-order valence-electron chi connectivity index (χ3n) is 4.14. The average Bonchev–Trinajstić information content (AvgIpc) is 2.86.